The smallest absolute Gasteiger partial charge is 0.408 e. The van der Waals surface area contributed by atoms with Crippen molar-refractivity contribution in [3.63, 3.8) is 0 Å². The molecular weight excluding hydrogens is 394 g/mol. The summed E-state index contributed by atoms with van der Waals surface area (Å²) in [4.78, 5) is 25.1. The second kappa shape index (κ2) is 10.2. The van der Waals surface area contributed by atoms with Gasteiger partial charge in [-0.2, -0.15) is 0 Å². The van der Waals surface area contributed by atoms with Gasteiger partial charge in [-0.15, -0.1) is 0 Å². The Morgan fingerprint density at radius 2 is 1.97 bits per heavy atom. The lowest BCUT2D eigenvalue weighted by Crippen LogP contribution is -2.46. The van der Waals surface area contributed by atoms with Gasteiger partial charge in [-0.3, -0.25) is 4.79 Å². The van der Waals surface area contributed by atoms with Crippen LogP contribution in [0.4, 0.5) is 4.79 Å². The summed E-state index contributed by atoms with van der Waals surface area (Å²) in [5.41, 5.74) is 1.79. The molecule has 0 radical (unpaired) electrons. The zero-order chi connectivity index (χ0) is 22.4. The normalized spacial score (nSPS) is 22.3. The first-order valence-electron chi connectivity index (χ1n) is 11.2. The van der Waals surface area contributed by atoms with Crippen LogP contribution >= 0.6 is 0 Å². The van der Waals surface area contributed by atoms with Crippen molar-refractivity contribution in [2.45, 2.75) is 83.5 Å². The largest absolute Gasteiger partial charge is 0.497 e. The maximum Gasteiger partial charge on any atom is 0.408 e. The van der Waals surface area contributed by atoms with Crippen LogP contribution in [0.5, 0.6) is 5.75 Å². The highest BCUT2D eigenvalue weighted by Crippen LogP contribution is 2.33. The molecule has 1 heterocycles. The van der Waals surface area contributed by atoms with Gasteiger partial charge < -0.3 is 19.5 Å². The molecule has 3 rings (SSSR count). The molecule has 0 saturated carbocycles. The van der Waals surface area contributed by atoms with Crippen LogP contribution in [0.1, 0.15) is 64.9 Å². The maximum absolute atomic E-state index is 12.6. The maximum atomic E-state index is 12.6. The molecule has 0 unspecified atom stereocenters. The number of cyclic esters (lactones) is 1. The lowest BCUT2D eigenvalue weighted by molar-refractivity contribution is -0.145. The Morgan fingerprint density at radius 3 is 2.58 bits per heavy atom. The van der Waals surface area contributed by atoms with E-state index in [-0.39, 0.29) is 24.0 Å². The number of benzene rings is 1. The SMILES string of the molecule is COc1ccc(C[C@H](NC(=O)OC(C)(C)C)[C@@H]2C[C@@H](CC3=CCCCC3)C(=O)O2)cc1. The molecule has 3 atom stereocenters. The fraction of sp³-hybridized carbons (Fsp3) is 0.600. The van der Waals surface area contributed by atoms with Crippen LogP contribution in [-0.2, 0) is 20.7 Å². The van der Waals surface area contributed by atoms with Crippen molar-refractivity contribution in [3.8, 4) is 5.75 Å². The first kappa shape index (κ1) is 23.2. The lowest BCUT2D eigenvalue weighted by atomic mass is 9.88. The van der Waals surface area contributed by atoms with Crippen molar-refractivity contribution < 1.29 is 23.8 Å². The summed E-state index contributed by atoms with van der Waals surface area (Å²) < 4.78 is 16.5. The molecule has 1 aromatic carbocycles. The minimum absolute atomic E-state index is 0.145. The zero-order valence-corrected chi connectivity index (χ0v) is 19.1. The second-order valence-corrected chi connectivity index (χ2v) is 9.53. The molecule has 1 fully saturated rings. The number of nitrogens with one attached hydrogen (secondary N) is 1. The van der Waals surface area contributed by atoms with Crippen LogP contribution < -0.4 is 10.1 Å². The monoisotopic (exact) mass is 429 g/mol. The van der Waals surface area contributed by atoms with Crippen molar-refractivity contribution in [1.29, 1.82) is 0 Å². The second-order valence-electron chi connectivity index (χ2n) is 9.53. The Kier molecular flexibility index (Phi) is 7.63. The van der Waals surface area contributed by atoms with Gasteiger partial charge in [0.25, 0.3) is 0 Å². The number of carbonyl (C=O) groups is 2. The van der Waals surface area contributed by atoms with Gasteiger partial charge in [0.15, 0.2) is 0 Å². The van der Waals surface area contributed by atoms with Crippen molar-refractivity contribution in [1.82, 2.24) is 5.32 Å². The average molecular weight is 430 g/mol. The molecule has 1 aliphatic heterocycles. The van der Waals surface area contributed by atoms with Crippen molar-refractivity contribution in [3.05, 3.63) is 41.5 Å². The summed E-state index contributed by atoms with van der Waals surface area (Å²) in [6.07, 6.45) is 7.89. The number of carbonyl (C=O) groups excluding carboxylic acids is 2. The van der Waals surface area contributed by atoms with Gasteiger partial charge in [0, 0.05) is 0 Å². The Morgan fingerprint density at radius 1 is 1.23 bits per heavy atom. The molecule has 170 valence electrons. The van der Waals surface area contributed by atoms with Gasteiger partial charge in [0.05, 0.1) is 19.1 Å². The summed E-state index contributed by atoms with van der Waals surface area (Å²) in [5, 5.41) is 2.95. The molecule has 1 saturated heterocycles. The molecule has 1 aromatic rings. The van der Waals surface area contributed by atoms with E-state index in [0.717, 1.165) is 30.6 Å². The summed E-state index contributed by atoms with van der Waals surface area (Å²) in [6, 6.07) is 7.34. The molecule has 1 N–H and O–H groups in total. The molecule has 6 nitrogen and oxygen atoms in total. The first-order chi connectivity index (χ1) is 14.7. The van der Waals surface area contributed by atoms with Gasteiger partial charge in [-0.05, 0) is 83.4 Å². The molecule has 1 aliphatic carbocycles. The Bertz CT molecular complexity index is 793. The van der Waals surface area contributed by atoms with Crippen molar-refractivity contribution in [2.75, 3.05) is 7.11 Å². The number of ether oxygens (including phenoxy) is 3. The van der Waals surface area contributed by atoms with E-state index in [1.807, 2.05) is 45.0 Å². The third kappa shape index (κ3) is 7.01. The predicted octanol–water partition coefficient (Wildman–Crippen LogP) is 4.95. The Balaban J connectivity index is 1.70. The number of amides is 1. The van der Waals surface area contributed by atoms with Crippen molar-refractivity contribution in [2.24, 2.45) is 5.92 Å². The number of methoxy groups -OCH3 is 1. The number of hydrogen-bond acceptors (Lipinski definition) is 5. The summed E-state index contributed by atoms with van der Waals surface area (Å²) in [7, 11) is 1.63. The number of rotatable bonds is 7. The van der Waals surface area contributed by atoms with Crippen LogP contribution in [-0.4, -0.2) is 36.9 Å². The Hall–Kier alpha value is -2.50. The highest BCUT2D eigenvalue weighted by molar-refractivity contribution is 5.75. The fourth-order valence-electron chi connectivity index (χ4n) is 4.24. The van der Waals surface area contributed by atoms with E-state index >= 15 is 0 Å². The quantitative estimate of drug-likeness (QED) is 0.490. The molecule has 31 heavy (non-hydrogen) atoms. The highest BCUT2D eigenvalue weighted by Gasteiger charge is 2.40. The van der Waals surface area contributed by atoms with Gasteiger partial charge in [0.2, 0.25) is 0 Å². The number of alkyl carbamates (subject to hydrolysis) is 1. The van der Waals surface area contributed by atoms with Gasteiger partial charge in [-0.1, -0.05) is 23.8 Å². The van der Waals surface area contributed by atoms with Gasteiger partial charge >= 0.3 is 12.1 Å². The van der Waals surface area contributed by atoms with Gasteiger partial charge in [-0.25, -0.2) is 4.79 Å². The number of esters is 1. The standard InChI is InChI=1S/C25H35NO5/c1-25(2,3)31-24(28)26-21(15-18-10-12-20(29-4)13-11-18)22-16-19(23(27)30-22)14-17-8-6-5-7-9-17/h8,10-13,19,21-22H,5-7,9,14-16H2,1-4H3,(H,26,28)/t19-,21+,22+/m1/s1. The van der Waals surface area contributed by atoms with Gasteiger partial charge in [0.1, 0.15) is 17.5 Å². The molecule has 6 heteroatoms. The molecule has 0 aromatic heterocycles. The minimum Gasteiger partial charge on any atom is -0.497 e. The van der Waals surface area contributed by atoms with E-state index in [0.29, 0.717) is 12.8 Å². The molecular formula is C25H35NO5. The Labute approximate surface area is 185 Å². The summed E-state index contributed by atoms with van der Waals surface area (Å²) in [6.45, 7) is 5.48. The number of allylic oxidation sites excluding steroid dienone is 2. The van der Waals surface area contributed by atoms with E-state index in [1.165, 1.54) is 18.4 Å². The van der Waals surface area contributed by atoms with E-state index in [1.54, 1.807) is 7.11 Å². The van der Waals surface area contributed by atoms with E-state index < -0.39 is 11.7 Å². The highest BCUT2D eigenvalue weighted by atomic mass is 16.6. The van der Waals surface area contributed by atoms with E-state index in [4.69, 9.17) is 14.2 Å². The van der Waals surface area contributed by atoms with E-state index in [9.17, 15) is 9.59 Å². The zero-order valence-electron chi connectivity index (χ0n) is 19.1. The van der Waals surface area contributed by atoms with Crippen LogP contribution in [0.2, 0.25) is 0 Å². The third-order valence-corrected chi connectivity index (χ3v) is 5.78. The van der Waals surface area contributed by atoms with Crippen LogP contribution in [0, 0.1) is 5.92 Å². The third-order valence-electron chi connectivity index (χ3n) is 5.78. The first-order valence-corrected chi connectivity index (χ1v) is 11.2. The topological polar surface area (TPSA) is 73.9 Å². The fourth-order valence-corrected chi connectivity index (χ4v) is 4.24. The average Bonchev–Trinajstić information content (AvgIpc) is 3.08. The van der Waals surface area contributed by atoms with E-state index in [2.05, 4.69) is 11.4 Å². The minimum atomic E-state index is -0.600. The van der Waals surface area contributed by atoms with Crippen LogP contribution in [0.15, 0.2) is 35.9 Å². The summed E-state index contributed by atoms with van der Waals surface area (Å²) >= 11 is 0. The van der Waals surface area contributed by atoms with Crippen LogP contribution in [0.3, 0.4) is 0 Å². The molecule has 0 spiro atoms. The predicted molar refractivity (Wildman–Crippen MR) is 119 cm³/mol. The lowest BCUT2D eigenvalue weighted by Gasteiger charge is -2.26. The van der Waals surface area contributed by atoms with Crippen molar-refractivity contribution >= 4 is 12.1 Å². The molecule has 0 bridgehead atoms. The number of hydrogen-bond donors (Lipinski definition) is 1. The summed E-state index contributed by atoms with van der Waals surface area (Å²) in [5.74, 6) is 0.462. The molecule has 1 amide bonds. The molecule has 2 aliphatic rings. The van der Waals surface area contributed by atoms with Crippen LogP contribution in [0.25, 0.3) is 0 Å².